The molecule has 3 nitrogen and oxygen atoms in total. The van der Waals surface area contributed by atoms with E-state index >= 15 is 0 Å². The van der Waals surface area contributed by atoms with Crippen LogP contribution >= 0.6 is 15.9 Å². The molecule has 0 fully saturated rings. The Labute approximate surface area is 129 Å². The van der Waals surface area contributed by atoms with E-state index in [0.29, 0.717) is 0 Å². The molecular weight excluding hydrogens is 314 g/mol. The van der Waals surface area contributed by atoms with E-state index in [4.69, 9.17) is 0 Å². The van der Waals surface area contributed by atoms with Crippen molar-refractivity contribution in [3.63, 3.8) is 0 Å². The summed E-state index contributed by atoms with van der Waals surface area (Å²) >= 11 is 3.42. The second-order valence-corrected chi connectivity index (χ2v) is 5.93. The van der Waals surface area contributed by atoms with E-state index in [9.17, 15) is 0 Å². The van der Waals surface area contributed by atoms with Gasteiger partial charge in [0.05, 0.1) is 11.9 Å². The molecule has 0 amide bonds. The lowest BCUT2D eigenvalue weighted by molar-refractivity contribution is 0.881. The zero-order valence-corrected chi connectivity index (χ0v) is 13.9. The summed E-state index contributed by atoms with van der Waals surface area (Å²) in [6.45, 7) is 4.20. The minimum atomic E-state index is 0.244. The second kappa shape index (κ2) is 6.27. The van der Waals surface area contributed by atoms with Crippen LogP contribution in [0.15, 0.2) is 41.1 Å². The molecule has 0 saturated carbocycles. The highest BCUT2D eigenvalue weighted by molar-refractivity contribution is 9.10. The number of rotatable bonds is 4. The first-order valence-corrected chi connectivity index (χ1v) is 7.42. The van der Waals surface area contributed by atoms with Gasteiger partial charge >= 0.3 is 0 Å². The number of nitrogens with zero attached hydrogens (tertiary/aromatic N) is 2. The van der Waals surface area contributed by atoms with E-state index in [-0.39, 0.29) is 6.04 Å². The molecule has 20 heavy (non-hydrogen) atoms. The number of aryl methyl sites for hydroxylation is 1. The van der Waals surface area contributed by atoms with Gasteiger partial charge in [0.1, 0.15) is 4.60 Å². The van der Waals surface area contributed by atoms with Crippen LogP contribution in [0.4, 0.5) is 11.4 Å². The molecule has 0 aliphatic heterocycles. The number of aromatic nitrogens is 1. The first-order chi connectivity index (χ1) is 9.47. The third-order valence-corrected chi connectivity index (χ3v) is 4.14. The van der Waals surface area contributed by atoms with Crippen molar-refractivity contribution in [2.75, 3.05) is 24.3 Å². The van der Waals surface area contributed by atoms with Gasteiger partial charge in [0, 0.05) is 25.8 Å². The molecule has 4 heteroatoms. The predicted octanol–water partition coefficient (Wildman–Crippen LogP) is 4.39. The zero-order valence-electron chi connectivity index (χ0n) is 12.3. The average molecular weight is 334 g/mol. The van der Waals surface area contributed by atoms with E-state index in [1.807, 2.05) is 27.2 Å². The van der Waals surface area contributed by atoms with Crippen molar-refractivity contribution in [3.05, 3.63) is 52.3 Å². The van der Waals surface area contributed by atoms with Crippen molar-refractivity contribution in [2.45, 2.75) is 19.9 Å². The Balaban J connectivity index is 2.10. The Morgan fingerprint density at radius 2 is 1.85 bits per heavy atom. The quantitative estimate of drug-likeness (QED) is 0.841. The van der Waals surface area contributed by atoms with E-state index in [0.717, 1.165) is 15.9 Å². The van der Waals surface area contributed by atoms with E-state index in [1.165, 1.54) is 11.3 Å². The van der Waals surface area contributed by atoms with Crippen molar-refractivity contribution >= 4 is 27.3 Å². The molecule has 2 aromatic rings. The van der Waals surface area contributed by atoms with Crippen LogP contribution < -0.4 is 10.2 Å². The molecule has 1 aromatic heterocycles. The van der Waals surface area contributed by atoms with Gasteiger partial charge in [0.25, 0.3) is 0 Å². The molecule has 0 saturated heterocycles. The summed E-state index contributed by atoms with van der Waals surface area (Å²) in [6.07, 6.45) is 1.85. The van der Waals surface area contributed by atoms with Crippen LogP contribution in [-0.2, 0) is 0 Å². The van der Waals surface area contributed by atoms with Gasteiger partial charge in [-0.15, -0.1) is 0 Å². The molecule has 2 rings (SSSR count). The highest BCUT2D eigenvalue weighted by Gasteiger charge is 2.07. The van der Waals surface area contributed by atoms with Crippen LogP contribution in [-0.4, -0.2) is 19.1 Å². The van der Waals surface area contributed by atoms with Crippen LogP contribution in [0.1, 0.15) is 24.1 Å². The van der Waals surface area contributed by atoms with Crippen LogP contribution in [0.3, 0.4) is 0 Å². The highest BCUT2D eigenvalue weighted by atomic mass is 79.9. The first-order valence-electron chi connectivity index (χ1n) is 6.63. The predicted molar refractivity (Wildman–Crippen MR) is 89.5 cm³/mol. The maximum atomic E-state index is 4.31. The maximum Gasteiger partial charge on any atom is 0.109 e. The number of halogens is 1. The average Bonchev–Trinajstić information content (AvgIpc) is 2.43. The van der Waals surface area contributed by atoms with E-state index < -0.39 is 0 Å². The Hall–Kier alpha value is -1.55. The smallest absolute Gasteiger partial charge is 0.109 e. The maximum absolute atomic E-state index is 4.31. The Morgan fingerprint density at radius 3 is 2.40 bits per heavy atom. The number of pyridine rings is 1. The Kier molecular flexibility index (Phi) is 4.65. The summed E-state index contributed by atoms with van der Waals surface area (Å²) < 4.78 is 0.894. The lowest BCUT2D eigenvalue weighted by Gasteiger charge is -2.18. The first kappa shape index (κ1) is 14.9. The minimum Gasteiger partial charge on any atom is -0.378 e. The summed E-state index contributed by atoms with van der Waals surface area (Å²) in [5.74, 6) is 0. The van der Waals surface area contributed by atoms with Crippen LogP contribution in [0.5, 0.6) is 0 Å². The molecule has 1 heterocycles. The molecule has 1 N–H and O–H groups in total. The third kappa shape index (κ3) is 3.51. The number of anilines is 2. The normalized spacial score (nSPS) is 12.1. The van der Waals surface area contributed by atoms with Crippen LogP contribution in [0.25, 0.3) is 0 Å². The monoisotopic (exact) mass is 333 g/mol. The summed E-state index contributed by atoms with van der Waals surface area (Å²) in [5.41, 5.74) is 4.64. The Bertz CT molecular complexity index is 579. The highest BCUT2D eigenvalue weighted by Crippen LogP contribution is 2.23. The SMILES string of the molecule is Cc1cc(NC(C)c2ccc(N(C)C)cc2)cnc1Br. The van der Waals surface area contributed by atoms with Crippen molar-refractivity contribution < 1.29 is 0 Å². The van der Waals surface area contributed by atoms with Gasteiger partial charge in [-0.05, 0) is 59.1 Å². The number of hydrogen-bond acceptors (Lipinski definition) is 3. The number of benzene rings is 1. The summed E-state index contributed by atoms with van der Waals surface area (Å²) in [7, 11) is 4.10. The Morgan fingerprint density at radius 1 is 1.20 bits per heavy atom. The standard InChI is InChI=1S/C16H20BrN3/c1-11-9-14(10-18-16(11)17)19-12(2)13-5-7-15(8-6-13)20(3)4/h5-10,12,19H,1-4H3. The molecular formula is C16H20BrN3. The van der Waals surface area contributed by atoms with Gasteiger partial charge in [0.2, 0.25) is 0 Å². The van der Waals surface area contributed by atoms with Gasteiger partial charge in [-0.2, -0.15) is 0 Å². The third-order valence-electron chi connectivity index (χ3n) is 3.31. The van der Waals surface area contributed by atoms with E-state index in [2.05, 4.69) is 68.4 Å². The van der Waals surface area contributed by atoms with Crippen molar-refractivity contribution in [3.8, 4) is 0 Å². The molecule has 0 aliphatic carbocycles. The molecule has 106 valence electrons. The van der Waals surface area contributed by atoms with Gasteiger partial charge in [-0.25, -0.2) is 4.98 Å². The molecule has 0 radical (unpaired) electrons. The van der Waals surface area contributed by atoms with Crippen LogP contribution in [0, 0.1) is 6.92 Å². The topological polar surface area (TPSA) is 28.2 Å². The summed E-state index contributed by atoms with van der Waals surface area (Å²) in [6, 6.07) is 10.9. The molecule has 0 aliphatic rings. The lowest BCUT2D eigenvalue weighted by Crippen LogP contribution is -2.10. The summed E-state index contributed by atoms with van der Waals surface area (Å²) in [5, 5.41) is 3.48. The van der Waals surface area contributed by atoms with Gasteiger partial charge in [0.15, 0.2) is 0 Å². The molecule has 1 unspecified atom stereocenters. The molecule has 1 aromatic carbocycles. The van der Waals surface area contributed by atoms with Crippen molar-refractivity contribution in [2.24, 2.45) is 0 Å². The number of nitrogens with one attached hydrogen (secondary N) is 1. The fraction of sp³-hybridized carbons (Fsp3) is 0.312. The molecule has 0 spiro atoms. The van der Waals surface area contributed by atoms with Crippen LogP contribution in [0.2, 0.25) is 0 Å². The minimum absolute atomic E-state index is 0.244. The summed E-state index contributed by atoms with van der Waals surface area (Å²) in [4.78, 5) is 6.41. The van der Waals surface area contributed by atoms with Crippen molar-refractivity contribution in [1.82, 2.24) is 4.98 Å². The van der Waals surface area contributed by atoms with Gasteiger partial charge < -0.3 is 10.2 Å². The largest absolute Gasteiger partial charge is 0.378 e. The van der Waals surface area contributed by atoms with Gasteiger partial charge in [-0.3, -0.25) is 0 Å². The number of hydrogen-bond donors (Lipinski definition) is 1. The van der Waals surface area contributed by atoms with Crippen molar-refractivity contribution in [1.29, 1.82) is 0 Å². The second-order valence-electron chi connectivity index (χ2n) is 5.18. The molecule has 0 bridgehead atoms. The van der Waals surface area contributed by atoms with E-state index in [1.54, 1.807) is 0 Å². The van der Waals surface area contributed by atoms with Gasteiger partial charge in [-0.1, -0.05) is 12.1 Å². The fourth-order valence-electron chi connectivity index (χ4n) is 2.03. The fourth-order valence-corrected chi connectivity index (χ4v) is 2.25. The zero-order chi connectivity index (χ0) is 14.7. The molecule has 1 atom stereocenters. The lowest BCUT2D eigenvalue weighted by atomic mass is 10.1.